The maximum Gasteiger partial charge on any atom is 0.416 e. The van der Waals surface area contributed by atoms with Gasteiger partial charge in [-0.15, -0.1) is 0 Å². The maximum absolute atomic E-state index is 12.6. The first-order valence-electron chi connectivity index (χ1n) is 6.08. The highest BCUT2D eigenvalue weighted by Crippen LogP contribution is 2.36. The van der Waals surface area contributed by atoms with Crippen molar-refractivity contribution in [2.24, 2.45) is 0 Å². The van der Waals surface area contributed by atoms with E-state index in [9.17, 15) is 23.3 Å². The SMILES string of the molecule is O=[N+]([O-])c1cc(C(F)(F)F)ccc1N1CCCSCC1. The molecule has 1 fully saturated rings. The minimum absolute atomic E-state index is 0.269. The van der Waals surface area contributed by atoms with Crippen LogP contribution in [0.5, 0.6) is 0 Å². The third-order valence-corrected chi connectivity index (χ3v) is 4.11. The molecule has 0 aromatic heterocycles. The number of hydrogen-bond acceptors (Lipinski definition) is 4. The molecule has 1 saturated heterocycles. The fourth-order valence-corrected chi connectivity index (χ4v) is 2.99. The second kappa shape index (κ2) is 5.90. The van der Waals surface area contributed by atoms with Gasteiger partial charge in [-0.3, -0.25) is 10.1 Å². The highest BCUT2D eigenvalue weighted by atomic mass is 32.2. The fourth-order valence-electron chi connectivity index (χ4n) is 2.10. The summed E-state index contributed by atoms with van der Waals surface area (Å²) in [7, 11) is 0. The first kappa shape index (κ1) is 15.0. The lowest BCUT2D eigenvalue weighted by atomic mass is 10.1. The van der Waals surface area contributed by atoms with Gasteiger partial charge in [0.1, 0.15) is 5.69 Å². The van der Waals surface area contributed by atoms with Gasteiger partial charge in [0.25, 0.3) is 5.69 Å². The molecule has 8 heteroatoms. The zero-order valence-corrected chi connectivity index (χ0v) is 11.3. The van der Waals surface area contributed by atoms with Crippen LogP contribution in [0.2, 0.25) is 0 Å². The van der Waals surface area contributed by atoms with Crippen LogP contribution in [0, 0.1) is 10.1 Å². The first-order valence-corrected chi connectivity index (χ1v) is 7.23. The second-order valence-electron chi connectivity index (χ2n) is 4.41. The first-order chi connectivity index (χ1) is 9.39. The molecular weight excluding hydrogens is 293 g/mol. The zero-order chi connectivity index (χ0) is 14.8. The third-order valence-electron chi connectivity index (χ3n) is 3.06. The van der Waals surface area contributed by atoms with E-state index in [1.807, 2.05) is 0 Å². The molecule has 1 heterocycles. The number of rotatable bonds is 2. The van der Waals surface area contributed by atoms with Crippen molar-refractivity contribution in [3.63, 3.8) is 0 Å². The number of halogens is 3. The summed E-state index contributed by atoms with van der Waals surface area (Å²) in [5.74, 6) is 1.78. The van der Waals surface area contributed by atoms with Crippen LogP contribution in [-0.4, -0.2) is 29.5 Å². The molecule has 0 aliphatic carbocycles. The molecule has 110 valence electrons. The number of hydrogen-bond donors (Lipinski definition) is 0. The van der Waals surface area contributed by atoms with E-state index in [2.05, 4.69) is 0 Å². The lowest BCUT2D eigenvalue weighted by Crippen LogP contribution is -2.26. The Morgan fingerprint density at radius 1 is 1.25 bits per heavy atom. The minimum atomic E-state index is -4.57. The van der Waals surface area contributed by atoms with Gasteiger partial charge in [-0.1, -0.05) is 0 Å². The number of thioether (sulfide) groups is 1. The highest BCUT2D eigenvalue weighted by Gasteiger charge is 2.33. The summed E-state index contributed by atoms with van der Waals surface area (Å²) in [5, 5.41) is 11.0. The van der Waals surface area contributed by atoms with Crippen molar-refractivity contribution < 1.29 is 18.1 Å². The Labute approximate surface area is 118 Å². The molecule has 0 bridgehead atoms. The fraction of sp³-hybridized carbons (Fsp3) is 0.500. The number of benzene rings is 1. The highest BCUT2D eigenvalue weighted by molar-refractivity contribution is 7.99. The lowest BCUT2D eigenvalue weighted by molar-refractivity contribution is -0.384. The number of anilines is 1. The molecule has 2 rings (SSSR count). The van der Waals surface area contributed by atoms with Gasteiger partial charge in [-0.2, -0.15) is 24.9 Å². The number of nitrogens with zero attached hydrogens (tertiary/aromatic N) is 2. The van der Waals surface area contributed by atoms with Crippen molar-refractivity contribution in [2.45, 2.75) is 12.6 Å². The van der Waals surface area contributed by atoms with E-state index in [0.29, 0.717) is 19.2 Å². The van der Waals surface area contributed by atoms with Gasteiger partial charge in [-0.05, 0) is 24.3 Å². The Bertz CT molecular complexity index is 500. The van der Waals surface area contributed by atoms with Crippen LogP contribution in [0.3, 0.4) is 0 Å². The van der Waals surface area contributed by atoms with Gasteiger partial charge in [0.15, 0.2) is 0 Å². The second-order valence-corrected chi connectivity index (χ2v) is 5.64. The quantitative estimate of drug-likeness (QED) is 0.619. The molecule has 1 aliphatic rings. The van der Waals surface area contributed by atoms with Crippen molar-refractivity contribution in [2.75, 3.05) is 29.5 Å². The predicted octanol–water partition coefficient (Wildman–Crippen LogP) is 3.56. The maximum atomic E-state index is 12.6. The zero-order valence-electron chi connectivity index (χ0n) is 10.5. The lowest BCUT2D eigenvalue weighted by Gasteiger charge is -2.22. The van der Waals surface area contributed by atoms with Crippen molar-refractivity contribution in [1.82, 2.24) is 0 Å². The molecule has 0 atom stereocenters. The average Bonchev–Trinajstić information content (AvgIpc) is 2.65. The van der Waals surface area contributed by atoms with Gasteiger partial charge in [-0.25, -0.2) is 0 Å². The molecule has 4 nitrogen and oxygen atoms in total. The van der Waals surface area contributed by atoms with E-state index in [-0.39, 0.29) is 5.69 Å². The largest absolute Gasteiger partial charge is 0.416 e. The Morgan fingerprint density at radius 3 is 2.65 bits per heavy atom. The summed E-state index contributed by atoms with van der Waals surface area (Å²) >= 11 is 1.74. The summed E-state index contributed by atoms with van der Waals surface area (Å²) in [6, 6.07) is 2.73. The van der Waals surface area contributed by atoms with Gasteiger partial charge in [0.2, 0.25) is 0 Å². The molecule has 0 unspecified atom stereocenters. The van der Waals surface area contributed by atoms with Crippen molar-refractivity contribution >= 4 is 23.1 Å². The summed E-state index contributed by atoms with van der Waals surface area (Å²) in [4.78, 5) is 12.1. The molecule has 1 aromatic rings. The summed E-state index contributed by atoms with van der Waals surface area (Å²) < 4.78 is 37.9. The van der Waals surface area contributed by atoms with E-state index in [1.165, 1.54) is 6.07 Å². The third kappa shape index (κ3) is 3.36. The van der Waals surface area contributed by atoms with Gasteiger partial charge in [0, 0.05) is 24.9 Å². The monoisotopic (exact) mass is 306 g/mol. The molecule has 0 spiro atoms. The van der Waals surface area contributed by atoms with E-state index < -0.39 is 22.4 Å². The van der Waals surface area contributed by atoms with Crippen molar-refractivity contribution in [1.29, 1.82) is 0 Å². The van der Waals surface area contributed by atoms with Crippen molar-refractivity contribution in [3.8, 4) is 0 Å². The van der Waals surface area contributed by atoms with Crippen LogP contribution >= 0.6 is 11.8 Å². The van der Waals surface area contributed by atoms with Crippen LogP contribution < -0.4 is 4.90 Å². The molecule has 0 N–H and O–H groups in total. The topological polar surface area (TPSA) is 46.4 Å². The van der Waals surface area contributed by atoms with Crippen LogP contribution in [0.15, 0.2) is 18.2 Å². The van der Waals surface area contributed by atoms with Gasteiger partial charge < -0.3 is 4.90 Å². The van der Waals surface area contributed by atoms with Crippen LogP contribution in [-0.2, 0) is 6.18 Å². The average molecular weight is 306 g/mol. The van der Waals surface area contributed by atoms with Crippen LogP contribution in [0.1, 0.15) is 12.0 Å². The van der Waals surface area contributed by atoms with Gasteiger partial charge >= 0.3 is 6.18 Å². The molecule has 1 aromatic carbocycles. The Kier molecular flexibility index (Phi) is 4.42. The summed E-state index contributed by atoms with van der Waals surface area (Å²) in [6.45, 7) is 1.23. The minimum Gasteiger partial charge on any atom is -0.365 e. The molecule has 20 heavy (non-hydrogen) atoms. The molecule has 0 radical (unpaired) electrons. The van der Waals surface area contributed by atoms with Gasteiger partial charge in [0.05, 0.1) is 10.5 Å². The Balaban J connectivity index is 2.39. The van der Waals surface area contributed by atoms with Crippen molar-refractivity contribution in [3.05, 3.63) is 33.9 Å². The van der Waals surface area contributed by atoms with Crippen LogP contribution in [0.4, 0.5) is 24.5 Å². The normalized spacial score (nSPS) is 16.9. The molecule has 0 amide bonds. The molecule has 0 saturated carbocycles. The van der Waals surface area contributed by atoms with E-state index in [4.69, 9.17) is 0 Å². The predicted molar refractivity (Wildman–Crippen MR) is 72.3 cm³/mol. The van der Waals surface area contributed by atoms with E-state index in [0.717, 1.165) is 24.0 Å². The van der Waals surface area contributed by atoms with E-state index in [1.54, 1.807) is 16.7 Å². The number of alkyl halides is 3. The standard InChI is InChI=1S/C12H13F3N2O2S/c13-12(14,15)9-2-3-10(11(8-9)17(18)19)16-4-1-6-20-7-5-16/h2-3,8H,1,4-7H2. The van der Waals surface area contributed by atoms with Crippen LogP contribution in [0.25, 0.3) is 0 Å². The molecule has 1 aliphatic heterocycles. The summed E-state index contributed by atoms with van der Waals surface area (Å²) in [5.41, 5.74) is -1.20. The Morgan fingerprint density at radius 2 is 2.00 bits per heavy atom. The van der Waals surface area contributed by atoms with E-state index >= 15 is 0 Å². The number of nitro groups is 1. The molecular formula is C12H13F3N2O2S. The summed E-state index contributed by atoms with van der Waals surface area (Å²) in [6.07, 6.45) is -3.71. The Hall–Kier alpha value is -1.44. The smallest absolute Gasteiger partial charge is 0.365 e. The number of nitro benzene ring substituents is 1.